The maximum absolute atomic E-state index is 13.2. The van der Waals surface area contributed by atoms with E-state index in [0.717, 1.165) is 11.3 Å². The summed E-state index contributed by atoms with van der Waals surface area (Å²) in [6.07, 6.45) is 0. The Balaban J connectivity index is 1.86. The number of aliphatic imine (C=N–C) groups is 1. The van der Waals surface area contributed by atoms with Gasteiger partial charge in [-0.2, -0.15) is 0 Å². The van der Waals surface area contributed by atoms with E-state index in [4.69, 9.17) is 4.74 Å². The zero-order chi connectivity index (χ0) is 18.1. The molecule has 5 nitrogen and oxygen atoms in total. The average Bonchev–Trinajstić information content (AvgIpc) is 2.68. The lowest BCUT2D eigenvalue weighted by Gasteiger charge is -2.36. The van der Waals surface area contributed by atoms with Crippen LogP contribution in [0, 0.1) is 6.92 Å². The van der Waals surface area contributed by atoms with Gasteiger partial charge in [0, 0.05) is 24.2 Å². The molecule has 1 unspecified atom stereocenters. The maximum atomic E-state index is 13.2. The van der Waals surface area contributed by atoms with Crippen LogP contribution < -0.4 is 0 Å². The summed E-state index contributed by atoms with van der Waals surface area (Å²) in [5.74, 6) is -0.227. The first-order chi connectivity index (χ1) is 12.7. The molecule has 0 aromatic heterocycles. The molecule has 132 valence electrons. The molecular formula is C21H20N2O3. The van der Waals surface area contributed by atoms with Gasteiger partial charge < -0.3 is 4.74 Å². The molecule has 1 saturated heterocycles. The van der Waals surface area contributed by atoms with Crippen molar-refractivity contribution in [2.75, 3.05) is 26.3 Å². The Labute approximate surface area is 152 Å². The molecule has 1 aliphatic carbocycles. The Morgan fingerprint density at radius 1 is 0.962 bits per heavy atom. The molecule has 1 aliphatic heterocycles. The first kappa shape index (κ1) is 16.8. The molecule has 0 N–H and O–H groups in total. The summed E-state index contributed by atoms with van der Waals surface area (Å²) in [6, 6.07) is 14.0. The van der Waals surface area contributed by atoms with E-state index in [1.807, 2.05) is 36.1 Å². The number of Topliss-reactive ketones (excluding diaryl/α,β-unsaturated/α-hetero) is 2. The lowest BCUT2D eigenvalue weighted by Crippen LogP contribution is -2.55. The number of nitrogens with zero attached hydrogens (tertiary/aromatic N) is 2. The summed E-state index contributed by atoms with van der Waals surface area (Å²) in [6.45, 7) is 4.28. The molecule has 26 heavy (non-hydrogen) atoms. The van der Waals surface area contributed by atoms with Gasteiger partial charge in [-0.3, -0.25) is 14.5 Å². The third kappa shape index (κ3) is 2.89. The van der Waals surface area contributed by atoms with Crippen LogP contribution >= 0.6 is 0 Å². The van der Waals surface area contributed by atoms with Crippen LogP contribution in [-0.4, -0.2) is 54.5 Å². The molecule has 5 heteroatoms. The average molecular weight is 348 g/mol. The van der Waals surface area contributed by atoms with Crippen molar-refractivity contribution in [3.63, 3.8) is 0 Å². The number of ether oxygens (including phenoxy) is 1. The van der Waals surface area contributed by atoms with E-state index in [-0.39, 0.29) is 11.6 Å². The van der Waals surface area contributed by atoms with Crippen LogP contribution in [0.1, 0.15) is 26.3 Å². The molecule has 2 aromatic rings. The SMILES string of the molecule is Cc1ccccc1N=C1C(=O)c2ccccc2C(=O)C1N1CCOCC1. The molecule has 2 aliphatic rings. The molecule has 4 rings (SSSR count). The van der Waals surface area contributed by atoms with Gasteiger partial charge in [0.1, 0.15) is 11.8 Å². The smallest absolute Gasteiger partial charge is 0.210 e. The molecule has 1 atom stereocenters. The normalized spacial score (nSPS) is 22.5. The van der Waals surface area contributed by atoms with Gasteiger partial charge in [-0.25, -0.2) is 4.99 Å². The van der Waals surface area contributed by atoms with Crippen LogP contribution in [0.4, 0.5) is 5.69 Å². The summed E-state index contributed by atoms with van der Waals surface area (Å²) in [5.41, 5.74) is 2.93. The number of aryl methyl sites for hydroxylation is 1. The highest BCUT2D eigenvalue weighted by molar-refractivity contribution is 6.55. The number of benzene rings is 2. The van der Waals surface area contributed by atoms with E-state index in [1.54, 1.807) is 24.3 Å². The standard InChI is InChI=1S/C21H20N2O3/c1-14-6-2-5-9-17(14)22-18-19(23-10-12-26-13-11-23)21(25)16-8-4-3-7-15(16)20(18)24/h2-9,19H,10-13H2,1H3. The third-order valence-corrected chi connectivity index (χ3v) is 4.94. The second-order valence-electron chi connectivity index (χ2n) is 6.57. The predicted molar refractivity (Wildman–Crippen MR) is 99.6 cm³/mol. The third-order valence-electron chi connectivity index (χ3n) is 4.94. The fraction of sp³-hybridized carbons (Fsp3) is 0.286. The summed E-state index contributed by atoms with van der Waals surface area (Å²) >= 11 is 0. The molecule has 0 bridgehead atoms. The molecule has 1 heterocycles. The second kappa shape index (κ2) is 6.94. The minimum atomic E-state index is -0.652. The minimum Gasteiger partial charge on any atom is -0.379 e. The fourth-order valence-electron chi connectivity index (χ4n) is 3.53. The van der Waals surface area contributed by atoms with Crippen molar-refractivity contribution < 1.29 is 14.3 Å². The van der Waals surface area contributed by atoms with Crippen LogP contribution in [0.5, 0.6) is 0 Å². The fourth-order valence-corrected chi connectivity index (χ4v) is 3.53. The monoisotopic (exact) mass is 348 g/mol. The number of carbonyl (C=O) groups excluding carboxylic acids is 2. The number of hydrogen-bond donors (Lipinski definition) is 0. The zero-order valence-corrected chi connectivity index (χ0v) is 14.6. The Morgan fingerprint density at radius 2 is 1.62 bits per heavy atom. The second-order valence-corrected chi connectivity index (χ2v) is 6.57. The van der Waals surface area contributed by atoms with Crippen molar-refractivity contribution >= 4 is 23.0 Å². The molecule has 1 fully saturated rings. The van der Waals surface area contributed by atoms with Gasteiger partial charge in [0.2, 0.25) is 5.78 Å². The van der Waals surface area contributed by atoms with E-state index in [1.165, 1.54) is 0 Å². The largest absolute Gasteiger partial charge is 0.379 e. The predicted octanol–water partition coefficient (Wildman–Crippen LogP) is 2.85. The van der Waals surface area contributed by atoms with Crippen molar-refractivity contribution in [1.82, 2.24) is 4.90 Å². The van der Waals surface area contributed by atoms with Crippen LogP contribution in [0.25, 0.3) is 0 Å². The number of carbonyl (C=O) groups is 2. The van der Waals surface area contributed by atoms with Crippen molar-refractivity contribution in [3.8, 4) is 0 Å². The van der Waals surface area contributed by atoms with Gasteiger partial charge in [-0.05, 0) is 18.6 Å². The first-order valence-electron chi connectivity index (χ1n) is 8.81. The summed E-state index contributed by atoms with van der Waals surface area (Å²) < 4.78 is 5.42. The number of fused-ring (bicyclic) bond motifs is 1. The van der Waals surface area contributed by atoms with E-state index < -0.39 is 6.04 Å². The topological polar surface area (TPSA) is 59.0 Å². The molecular weight excluding hydrogens is 328 g/mol. The van der Waals surface area contributed by atoms with E-state index in [2.05, 4.69) is 4.99 Å². The van der Waals surface area contributed by atoms with Crippen LogP contribution in [0.3, 0.4) is 0 Å². The number of para-hydroxylation sites is 1. The molecule has 0 amide bonds. The van der Waals surface area contributed by atoms with Gasteiger partial charge in [-0.1, -0.05) is 42.5 Å². The van der Waals surface area contributed by atoms with Gasteiger partial charge in [0.05, 0.1) is 18.9 Å². The van der Waals surface area contributed by atoms with Crippen molar-refractivity contribution in [2.24, 2.45) is 4.99 Å². The highest BCUT2D eigenvalue weighted by Crippen LogP contribution is 2.27. The number of hydrogen-bond acceptors (Lipinski definition) is 5. The minimum absolute atomic E-state index is 0.0607. The first-order valence-corrected chi connectivity index (χ1v) is 8.81. The lowest BCUT2D eigenvalue weighted by molar-refractivity contribution is 0.0278. The molecule has 2 aromatic carbocycles. The van der Waals surface area contributed by atoms with Gasteiger partial charge >= 0.3 is 0 Å². The summed E-state index contributed by atoms with van der Waals surface area (Å²) in [5, 5.41) is 0. The number of rotatable bonds is 2. The number of ketones is 2. The van der Waals surface area contributed by atoms with Crippen molar-refractivity contribution in [1.29, 1.82) is 0 Å². The highest BCUT2D eigenvalue weighted by atomic mass is 16.5. The molecule has 0 spiro atoms. The zero-order valence-electron chi connectivity index (χ0n) is 14.6. The van der Waals surface area contributed by atoms with E-state index in [9.17, 15) is 9.59 Å². The Kier molecular flexibility index (Phi) is 4.49. The Morgan fingerprint density at radius 3 is 2.35 bits per heavy atom. The lowest BCUT2D eigenvalue weighted by atomic mass is 9.83. The quantitative estimate of drug-likeness (QED) is 0.837. The van der Waals surface area contributed by atoms with Crippen LogP contribution in [0.15, 0.2) is 53.5 Å². The summed E-state index contributed by atoms with van der Waals surface area (Å²) in [7, 11) is 0. The highest BCUT2D eigenvalue weighted by Gasteiger charge is 2.42. The Bertz CT molecular complexity index is 898. The van der Waals surface area contributed by atoms with E-state index in [0.29, 0.717) is 43.1 Å². The maximum Gasteiger partial charge on any atom is 0.210 e. The van der Waals surface area contributed by atoms with Gasteiger partial charge in [0.25, 0.3) is 0 Å². The van der Waals surface area contributed by atoms with E-state index >= 15 is 0 Å². The van der Waals surface area contributed by atoms with Crippen molar-refractivity contribution in [3.05, 3.63) is 65.2 Å². The molecule has 0 radical (unpaired) electrons. The summed E-state index contributed by atoms with van der Waals surface area (Å²) in [4.78, 5) is 33.1. The van der Waals surface area contributed by atoms with Crippen LogP contribution in [-0.2, 0) is 4.74 Å². The Hall–Kier alpha value is -2.63. The van der Waals surface area contributed by atoms with Gasteiger partial charge in [-0.15, -0.1) is 0 Å². The van der Waals surface area contributed by atoms with Crippen LogP contribution in [0.2, 0.25) is 0 Å². The van der Waals surface area contributed by atoms with Crippen molar-refractivity contribution in [2.45, 2.75) is 13.0 Å². The molecule has 0 saturated carbocycles. The number of morpholine rings is 1. The van der Waals surface area contributed by atoms with Gasteiger partial charge in [0.15, 0.2) is 5.78 Å².